The summed E-state index contributed by atoms with van der Waals surface area (Å²) in [5.41, 5.74) is 8.89. The molecule has 0 bridgehead atoms. The SMILES string of the molecule is O=C(Nc1cnc(C(F)(F)F)nc1)C1NNC2CCC(c3cncc(CN4CCCCC4)c3)CC21. The molecule has 1 amide bonds. The van der Waals surface area contributed by atoms with Gasteiger partial charge in [-0.05, 0) is 62.2 Å². The number of rotatable bonds is 5. The molecule has 0 aromatic carbocycles. The van der Waals surface area contributed by atoms with E-state index in [0.717, 1.165) is 51.3 Å². The number of carbonyl (C=O) groups is 1. The molecule has 2 saturated heterocycles. The molecule has 2 aromatic heterocycles. The molecule has 3 N–H and O–H groups in total. The number of amides is 1. The van der Waals surface area contributed by atoms with Crippen molar-refractivity contribution in [2.24, 2.45) is 5.92 Å². The number of hydrogen-bond donors (Lipinski definition) is 3. The first-order valence-electron chi connectivity index (χ1n) is 12.2. The molecule has 4 atom stereocenters. The highest BCUT2D eigenvalue weighted by molar-refractivity contribution is 5.95. The summed E-state index contributed by atoms with van der Waals surface area (Å²) >= 11 is 0. The van der Waals surface area contributed by atoms with Crippen LogP contribution in [-0.4, -0.2) is 50.9 Å². The Balaban J connectivity index is 1.23. The summed E-state index contributed by atoms with van der Waals surface area (Å²) in [5.74, 6) is -1.19. The van der Waals surface area contributed by atoms with Gasteiger partial charge >= 0.3 is 6.18 Å². The van der Waals surface area contributed by atoms with E-state index in [0.29, 0.717) is 5.92 Å². The van der Waals surface area contributed by atoms with Crippen molar-refractivity contribution in [1.29, 1.82) is 0 Å². The quantitative estimate of drug-likeness (QED) is 0.594. The molecule has 3 fully saturated rings. The zero-order chi connectivity index (χ0) is 24.4. The van der Waals surface area contributed by atoms with Crippen molar-refractivity contribution >= 4 is 11.6 Å². The van der Waals surface area contributed by atoms with Crippen molar-refractivity contribution < 1.29 is 18.0 Å². The smallest absolute Gasteiger partial charge is 0.322 e. The fraction of sp³-hybridized carbons (Fsp3) is 0.583. The lowest BCUT2D eigenvalue weighted by Crippen LogP contribution is -2.42. The van der Waals surface area contributed by atoms with Crippen molar-refractivity contribution in [2.45, 2.75) is 69.2 Å². The van der Waals surface area contributed by atoms with E-state index in [-0.39, 0.29) is 23.6 Å². The Hall–Kier alpha value is -2.63. The van der Waals surface area contributed by atoms with Crippen molar-refractivity contribution in [2.75, 3.05) is 18.4 Å². The molecule has 5 rings (SSSR count). The maximum atomic E-state index is 13.0. The second-order valence-electron chi connectivity index (χ2n) is 9.79. The van der Waals surface area contributed by atoms with Crippen LogP contribution in [0.1, 0.15) is 61.4 Å². The van der Waals surface area contributed by atoms with Crippen LogP contribution in [-0.2, 0) is 17.5 Å². The molecule has 0 radical (unpaired) electrons. The number of piperidine rings is 1. The van der Waals surface area contributed by atoms with Crippen molar-refractivity contribution in [3.05, 3.63) is 47.8 Å². The zero-order valence-corrected chi connectivity index (χ0v) is 19.4. The minimum absolute atomic E-state index is 0.0508. The van der Waals surface area contributed by atoms with Gasteiger partial charge in [-0.2, -0.15) is 13.2 Å². The molecule has 1 aliphatic carbocycles. The predicted octanol–water partition coefficient (Wildman–Crippen LogP) is 3.24. The van der Waals surface area contributed by atoms with E-state index in [9.17, 15) is 18.0 Å². The summed E-state index contributed by atoms with van der Waals surface area (Å²) in [6.07, 6.45) is 7.79. The average Bonchev–Trinajstić information content (AvgIpc) is 3.28. The second-order valence-corrected chi connectivity index (χ2v) is 9.79. The fourth-order valence-electron chi connectivity index (χ4n) is 5.57. The van der Waals surface area contributed by atoms with Crippen LogP contribution in [0.25, 0.3) is 0 Å². The second kappa shape index (κ2) is 10.2. The summed E-state index contributed by atoms with van der Waals surface area (Å²) < 4.78 is 38.1. The van der Waals surface area contributed by atoms with Crippen LogP contribution >= 0.6 is 0 Å². The number of anilines is 1. The van der Waals surface area contributed by atoms with Gasteiger partial charge in [-0.25, -0.2) is 15.4 Å². The lowest BCUT2D eigenvalue weighted by Gasteiger charge is -2.33. The van der Waals surface area contributed by atoms with Crippen molar-refractivity contribution in [3.8, 4) is 0 Å². The van der Waals surface area contributed by atoms with E-state index in [4.69, 9.17) is 0 Å². The van der Waals surface area contributed by atoms with Crippen molar-refractivity contribution in [1.82, 2.24) is 30.7 Å². The molecule has 4 unspecified atom stereocenters. The van der Waals surface area contributed by atoms with Gasteiger partial charge in [-0.1, -0.05) is 12.5 Å². The Kier molecular flexibility index (Phi) is 6.99. The maximum absolute atomic E-state index is 13.0. The first-order chi connectivity index (χ1) is 16.9. The lowest BCUT2D eigenvalue weighted by atomic mass is 9.73. The Morgan fingerprint density at radius 1 is 1.06 bits per heavy atom. The summed E-state index contributed by atoms with van der Waals surface area (Å²) in [6, 6.07) is 1.92. The van der Waals surface area contributed by atoms with Gasteiger partial charge in [0.05, 0.1) is 18.1 Å². The Morgan fingerprint density at radius 2 is 1.83 bits per heavy atom. The molecule has 4 heterocycles. The number of nitrogens with zero attached hydrogens (tertiary/aromatic N) is 4. The van der Waals surface area contributed by atoms with Crippen LogP contribution < -0.4 is 16.2 Å². The van der Waals surface area contributed by atoms with Gasteiger partial charge in [0, 0.05) is 30.9 Å². The van der Waals surface area contributed by atoms with E-state index in [2.05, 4.69) is 42.1 Å². The summed E-state index contributed by atoms with van der Waals surface area (Å²) in [5, 5.41) is 2.65. The summed E-state index contributed by atoms with van der Waals surface area (Å²) in [6.45, 7) is 3.19. The van der Waals surface area contributed by atoms with Crippen LogP contribution in [0.3, 0.4) is 0 Å². The standard InChI is InChI=1S/C24H30F3N7O/c25-24(26,27)23-29-12-18(13-30-23)31-22(35)21-19-9-16(4-5-20(19)32-33-21)17-8-15(10-28-11-17)14-34-6-2-1-3-7-34/h8,10-13,16,19-21,32-33H,1-7,9,14H2,(H,31,35). The van der Waals surface area contributed by atoms with Gasteiger partial charge < -0.3 is 5.32 Å². The monoisotopic (exact) mass is 489 g/mol. The minimum Gasteiger partial charge on any atom is -0.322 e. The first kappa shape index (κ1) is 24.1. The van der Waals surface area contributed by atoms with E-state index < -0.39 is 18.0 Å². The topological polar surface area (TPSA) is 95.1 Å². The fourth-order valence-corrected chi connectivity index (χ4v) is 5.57. The Morgan fingerprint density at radius 3 is 2.57 bits per heavy atom. The highest BCUT2D eigenvalue weighted by atomic mass is 19.4. The number of carbonyl (C=O) groups excluding carboxylic acids is 1. The third kappa shape index (κ3) is 5.62. The Labute approximate surface area is 202 Å². The number of fused-ring (bicyclic) bond motifs is 1. The van der Waals surface area contributed by atoms with Gasteiger partial charge in [0.25, 0.3) is 0 Å². The van der Waals surface area contributed by atoms with E-state index in [1.54, 1.807) is 0 Å². The third-order valence-corrected chi connectivity index (χ3v) is 7.35. The van der Waals surface area contributed by atoms with E-state index in [1.807, 2.05) is 12.4 Å². The minimum atomic E-state index is -4.62. The summed E-state index contributed by atoms with van der Waals surface area (Å²) in [7, 11) is 0. The normalized spacial score (nSPS) is 27.4. The number of alkyl halides is 3. The lowest BCUT2D eigenvalue weighted by molar-refractivity contribution is -0.144. The Bertz CT molecular complexity index is 1030. The van der Waals surface area contributed by atoms with Crippen LogP contribution in [0.5, 0.6) is 0 Å². The van der Waals surface area contributed by atoms with Gasteiger partial charge in [-0.3, -0.25) is 20.1 Å². The molecule has 2 aliphatic heterocycles. The number of hydrogen-bond acceptors (Lipinski definition) is 7. The van der Waals surface area contributed by atoms with Crippen LogP contribution in [0, 0.1) is 5.92 Å². The van der Waals surface area contributed by atoms with Crippen molar-refractivity contribution in [3.63, 3.8) is 0 Å². The molecule has 3 aliphatic rings. The highest BCUT2D eigenvalue weighted by Gasteiger charge is 2.44. The number of pyridine rings is 1. The van der Waals surface area contributed by atoms with Gasteiger partial charge in [-0.15, -0.1) is 0 Å². The molecule has 11 heteroatoms. The van der Waals surface area contributed by atoms with Gasteiger partial charge in [0.15, 0.2) is 0 Å². The number of hydrazine groups is 1. The molecular formula is C24H30F3N7O. The molecule has 188 valence electrons. The first-order valence-corrected chi connectivity index (χ1v) is 12.2. The van der Waals surface area contributed by atoms with Crippen LogP contribution in [0.15, 0.2) is 30.9 Å². The van der Waals surface area contributed by atoms with Crippen LogP contribution in [0.2, 0.25) is 0 Å². The highest BCUT2D eigenvalue weighted by Crippen LogP contribution is 2.40. The maximum Gasteiger partial charge on any atom is 0.451 e. The number of nitrogens with one attached hydrogen (secondary N) is 3. The zero-order valence-electron chi connectivity index (χ0n) is 19.4. The molecule has 0 spiro atoms. The molecule has 8 nitrogen and oxygen atoms in total. The predicted molar refractivity (Wildman–Crippen MR) is 123 cm³/mol. The van der Waals surface area contributed by atoms with Crippen LogP contribution in [0.4, 0.5) is 18.9 Å². The van der Waals surface area contributed by atoms with E-state index in [1.165, 1.54) is 30.4 Å². The number of likely N-dealkylation sites (tertiary alicyclic amines) is 1. The molecule has 1 saturated carbocycles. The number of halogens is 3. The summed E-state index contributed by atoms with van der Waals surface area (Å²) in [4.78, 5) is 26.6. The molecular weight excluding hydrogens is 459 g/mol. The van der Waals surface area contributed by atoms with Gasteiger partial charge in [0.2, 0.25) is 11.7 Å². The average molecular weight is 490 g/mol. The molecule has 2 aromatic rings. The van der Waals surface area contributed by atoms with Gasteiger partial charge in [0.1, 0.15) is 6.04 Å². The number of aromatic nitrogens is 3. The third-order valence-electron chi connectivity index (χ3n) is 7.35. The largest absolute Gasteiger partial charge is 0.451 e. The van der Waals surface area contributed by atoms with E-state index >= 15 is 0 Å². The molecule has 35 heavy (non-hydrogen) atoms.